The molecule has 0 spiro atoms. The number of aliphatic hydroxyl groups excluding tert-OH is 1. The summed E-state index contributed by atoms with van der Waals surface area (Å²) in [5.41, 5.74) is -0.436. The van der Waals surface area contributed by atoms with Gasteiger partial charge in [-0.25, -0.2) is 0 Å². The first-order valence-corrected chi connectivity index (χ1v) is 8.75. The van der Waals surface area contributed by atoms with Gasteiger partial charge in [-0.15, -0.1) is 0 Å². The summed E-state index contributed by atoms with van der Waals surface area (Å²) in [4.78, 5) is 24.0. The highest BCUT2D eigenvalue weighted by atomic mass is 16.5. The number of carbonyl (C=O) groups excluding carboxylic acids is 2. The first-order chi connectivity index (χ1) is 10.6. The highest BCUT2D eigenvalue weighted by Gasteiger charge is 2.44. The van der Waals surface area contributed by atoms with E-state index in [0.717, 1.165) is 64.2 Å². The van der Waals surface area contributed by atoms with E-state index in [4.69, 9.17) is 9.84 Å². The molecule has 1 saturated carbocycles. The van der Waals surface area contributed by atoms with E-state index >= 15 is 0 Å². The molecule has 1 N–H and O–H groups in total. The number of carbonyl (C=O) groups is 2. The van der Waals surface area contributed by atoms with Crippen LogP contribution in [0.15, 0.2) is 0 Å². The summed E-state index contributed by atoms with van der Waals surface area (Å²) in [5.74, 6) is 0.105. The molecule has 22 heavy (non-hydrogen) atoms. The monoisotopic (exact) mass is 312 g/mol. The summed E-state index contributed by atoms with van der Waals surface area (Å²) < 4.78 is 5.05. The van der Waals surface area contributed by atoms with Crippen LogP contribution in [0.25, 0.3) is 0 Å². The molecule has 0 aromatic heterocycles. The van der Waals surface area contributed by atoms with Crippen molar-refractivity contribution in [1.29, 1.82) is 0 Å². The van der Waals surface area contributed by atoms with Crippen LogP contribution in [0.1, 0.15) is 77.6 Å². The molecule has 2 atom stereocenters. The standard InChI is InChI=1S/C18H32O4/c1-15(20)16-10-9-12-18(14-16,17(21)22-2)11-7-5-3-4-6-8-13-19/h16,19H,3-14H2,1-2H3. The summed E-state index contributed by atoms with van der Waals surface area (Å²) in [6.45, 7) is 1.91. The van der Waals surface area contributed by atoms with Gasteiger partial charge in [0.25, 0.3) is 0 Å². The molecule has 0 amide bonds. The van der Waals surface area contributed by atoms with Gasteiger partial charge in [-0.05, 0) is 39.0 Å². The first-order valence-electron chi connectivity index (χ1n) is 8.75. The first kappa shape index (κ1) is 19.1. The van der Waals surface area contributed by atoms with Gasteiger partial charge in [-0.3, -0.25) is 9.59 Å². The Balaban J connectivity index is 2.47. The molecule has 128 valence electrons. The van der Waals surface area contributed by atoms with Gasteiger partial charge in [-0.1, -0.05) is 38.5 Å². The lowest BCUT2D eigenvalue weighted by Crippen LogP contribution is -2.39. The second kappa shape index (κ2) is 9.98. The van der Waals surface area contributed by atoms with E-state index in [9.17, 15) is 9.59 Å². The van der Waals surface area contributed by atoms with Gasteiger partial charge < -0.3 is 9.84 Å². The molecule has 1 rings (SSSR count). The van der Waals surface area contributed by atoms with Gasteiger partial charge >= 0.3 is 5.97 Å². The van der Waals surface area contributed by atoms with E-state index in [1.165, 1.54) is 7.11 Å². The molecule has 1 fully saturated rings. The molecule has 4 nitrogen and oxygen atoms in total. The van der Waals surface area contributed by atoms with Gasteiger partial charge in [0, 0.05) is 12.5 Å². The number of ketones is 1. The summed E-state index contributed by atoms with van der Waals surface area (Å²) in [5, 5.41) is 8.75. The molecule has 0 aromatic carbocycles. The number of esters is 1. The second-order valence-corrected chi connectivity index (χ2v) is 6.77. The number of methoxy groups -OCH3 is 1. The highest BCUT2D eigenvalue weighted by molar-refractivity contribution is 5.81. The number of hydrogen-bond acceptors (Lipinski definition) is 4. The van der Waals surface area contributed by atoms with Gasteiger partial charge in [-0.2, -0.15) is 0 Å². The zero-order valence-corrected chi connectivity index (χ0v) is 14.2. The number of hydrogen-bond donors (Lipinski definition) is 1. The van der Waals surface area contributed by atoms with E-state index in [2.05, 4.69) is 0 Å². The number of rotatable bonds is 10. The topological polar surface area (TPSA) is 63.6 Å². The molecule has 0 bridgehead atoms. The van der Waals surface area contributed by atoms with E-state index in [1.54, 1.807) is 6.92 Å². The van der Waals surface area contributed by atoms with Crippen LogP contribution in [0.4, 0.5) is 0 Å². The van der Waals surface area contributed by atoms with Crippen molar-refractivity contribution in [3.8, 4) is 0 Å². The SMILES string of the molecule is COC(=O)C1(CCCCCCCCO)CCCC(C(C)=O)C1. The van der Waals surface area contributed by atoms with Crippen LogP contribution >= 0.6 is 0 Å². The Labute approximate surface area is 134 Å². The smallest absolute Gasteiger partial charge is 0.311 e. The average Bonchev–Trinajstić information content (AvgIpc) is 2.53. The second-order valence-electron chi connectivity index (χ2n) is 6.77. The van der Waals surface area contributed by atoms with Crippen molar-refractivity contribution in [3.63, 3.8) is 0 Å². The summed E-state index contributed by atoms with van der Waals surface area (Å²) in [7, 11) is 1.45. The highest BCUT2D eigenvalue weighted by Crippen LogP contribution is 2.44. The largest absolute Gasteiger partial charge is 0.469 e. The summed E-state index contributed by atoms with van der Waals surface area (Å²) in [6, 6.07) is 0. The Morgan fingerprint density at radius 3 is 2.36 bits per heavy atom. The van der Waals surface area contributed by atoms with Crippen LogP contribution in [0.3, 0.4) is 0 Å². The Bertz CT molecular complexity index is 353. The van der Waals surface area contributed by atoms with Crippen molar-refractivity contribution in [3.05, 3.63) is 0 Å². The molecule has 4 heteroatoms. The average molecular weight is 312 g/mol. The van der Waals surface area contributed by atoms with Gasteiger partial charge in [0.2, 0.25) is 0 Å². The van der Waals surface area contributed by atoms with Crippen LogP contribution in [0.5, 0.6) is 0 Å². The van der Waals surface area contributed by atoms with Gasteiger partial charge in [0.1, 0.15) is 5.78 Å². The van der Waals surface area contributed by atoms with Crippen LogP contribution in [-0.2, 0) is 14.3 Å². The van der Waals surface area contributed by atoms with Crippen LogP contribution in [0, 0.1) is 11.3 Å². The van der Waals surface area contributed by atoms with Crippen molar-refractivity contribution in [2.24, 2.45) is 11.3 Å². The number of unbranched alkanes of at least 4 members (excludes halogenated alkanes) is 5. The van der Waals surface area contributed by atoms with Gasteiger partial charge in [0.15, 0.2) is 0 Å². The number of ether oxygens (including phenoxy) is 1. The van der Waals surface area contributed by atoms with Crippen molar-refractivity contribution in [2.45, 2.75) is 77.6 Å². The molecule has 0 saturated heterocycles. The van der Waals surface area contributed by atoms with E-state index in [0.29, 0.717) is 6.42 Å². The van der Waals surface area contributed by atoms with Crippen molar-refractivity contribution < 1.29 is 19.4 Å². The molecular weight excluding hydrogens is 280 g/mol. The van der Waals surface area contributed by atoms with E-state index in [-0.39, 0.29) is 24.3 Å². The maximum absolute atomic E-state index is 12.3. The zero-order valence-electron chi connectivity index (χ0n) is 14.2. The maximum Gasteiger partial charge on any atom is 0.311 e. The maximum atomic E-state index is 12.3. The fourth-order valence-electron chi connectivity index (χ4n) is 3.72. The Hall–Kier alpha value is -0.900. The lowest BCUT2D eigenvalue weighted by molar-refractivity contribution is -0.157. The third-order valence-corrected chi connectivity index (χ3v) is 5.10. The molecule has 2 unspecified atom stereocenters. The predicted molar refractivity (Wildman–Crippen MR) is 86.5 cm³/mol. The van der Waals surface area contributed by atoms with Crippen molar-refractivity contribution >= 4 is 11.8 Å². The minimum atomic E-state index is -0.436. The number of aliphatic hydroxyl groups is 1. The Morgan fingerprint density at radius 1 is 1.14 bits per heavy atom. The van der Waals surface area contributed by atoms with Crippen LogP contribution < -0.4 is 0 Å². The Morgan fingerprint density at radius 2 is 1.77 bits per heavy atom. The molecule has 1 aliphatic rings. The summed E-state index contributed by atoms with van der Waals surface area (Å²) >= 11 is 0. The zero-order chi connectivity index (χ0) is 16.4. The van der Waals surface area contributed by atoms with Crippen molar-refractivity contribution in [2.75, 3.05) is 13.7 Å². The fourth-order valence-corrected chi connectivity index (χ4v) is 3.72. The molecule has 1 aliphatic carbocycles. The van der Waals surface area contributed by atoms with Crippen LogP contribution in [0.2, 0.25) is 0 Å². The minimum absolute atomic E-state index is 0.0254. The normalized spacial score (nSPS) is 25.0. The molecule has 0 aromatic rings. The third kappa shape index (κ3) is 5.71. The fraction of sp³-hybridized carbons (Fsp3) is 0.889. The summed E-state index contributed by atoms with van der Waals surface area (Å²) in [6.07, 6.45) is 10.6. The molecule has 0 aliphatic heterocycles. The van der Waals surface area contributed by atoms with Crippen molar-refractivity contribution in [1.82, 2.24) is 0 Å². The molecule has 0 radical (unpaired) electrons. The Kier molecular flexibility index (Phi) is 8.69. The predicted octanol–water partition coefficient (Wildman–Crippen LogP) is 3.65. The van der Waals surface area contributed by atoms with Gasteiger partial charge in [0.05, 0.1) is 12.5 Å². The molecular formula is C18H32O4. The van der Waals surface area contributed by atoms with E-state index < -0.39 is 5.41 Å². The lowest BCUT2D eigenvalue weighted by Gasteiger charge is -2.38. The molecule has 0 heterocycles. The van der Waals surface area contributed by atoms with Crippen LogP contribution in [-0.4, -0.2) is 30.6 Å². The quantitative estimate of drug-likeness (QED) is 0.494. The minimum Gasteiger partial charge on any atom is -0.469 e. The third-order valence-electron chi connectivity index (χ3n) is 5.10. The van der Waals surface area contributed by atoms with E-state index in [1.807, 2.05) is 0 Å². The lowest BCUT2D eigenvalue weighted by atomic mass is 9.66. The number of Topliss-reactive ketones (excluding diaryl/α,β-unsaturated/α-hetero) is 1.